The number of nitrogens with zero attached hydrogens (tertiary/aromatic N) is 5. The van der Waals surface area contributed by atoms with Gasteiger partial charge in [-0.2, -0.15) is 5.10 Å². The van der Waals surface area contributed by atoms with Gasteiger partial charge in [-0.1, -0.05) is 0 Å². The van der Waals surface area contributed by atoms with E-state index < -0.39 is 17.2 Å². The molecule has 1 N–H and O–H groups in total. The molecular formula is C23H22F2N6O2. The lowest BCUT2D eigenvalue weighted by Gasteiger charge is -2.35. The Morgan fingerprint density at radius 2 is 1.85 bits per heavy atom. The molecule has 3 aromatic rings. The van der Waals surface area contributed by atoms with E-state index in [-0.39, 0.29) is 6.09 Å². The van der Waals surface area contributed by atoms with Crippen LogP contribution in [0.1, 0.15) is 25.7 Å². The van der Waals surface area contributed by atoms with Crippen molar-refractivity contribution in [2.45, 2.75) is 31.3 Å². The van der Waals surface area contributed by atoms with E-state index in [9.17, 15) is 13.6 Å². The first-order valence-corrected chi connectivity index (χ1v) is 10.8. The van der Waals surface area contributed by atoms with E-state index in [1.165, 1.54) is 12.1 Å². The van der Waals surface area contributed by atoms with Crippen molar-refractivity contribution in [2.24, 2.45) is 5.92 Å². The standard InChI is InChI=1S/C23H22F2N6O2/c24-17-10-16(11-18(25)12-17)19-3-4-20(29-28-19)26-13-15-5-7-23(8-6-15)14-31(22(32)33-23)21-2-1-9-27-30-21/h1-4,9-12,15H,5-8,13-14H2,(H,26,29)/t15-,23-. The van der Waals surface area contributed by atoms with Crippen molar-refractivity contribution in [3.05, 3.63) is 60.3 Å². The third kappa shape index (κ3) is 4.59. The number of hydrogen-bond donors (Lipinski definition) is 1. The average Bonchev–Trinajstić information content (AvgIpc) is 3.14. The van der Waals surface area contributed by atoms with Crippen LogP contribution in [0.5, 0.6) is 0 Å². The number of ether oxygens (including phenoxy) is 1. The number of carbonyl (C=O) groups excluding carboxylic acids is 1. The molecule has 1 saturated heterocycles. The van der Waals surface area contributed by atoms with Crippen LogP contribution in [0.25, 0.3) is 11.3 Å². The molecule has 1 aliphatic heterocycles. The first-order chi connectivity index (χ1) is 16.0. The quantitative estimate of drug-likeness (QED) is 0.620. The van der Waals surface area contributed by atoms with Crippen LogP contribution < -0.4 is 10.2 Å². The lowest BCUT2D eigenvalue weighted by molar-refractivity contribution is 0.0148. The highest BCUT2D eigenvalue weighted by Gasteiger charge is 2.48. The largest absolute Gasteiger partial charge is 0.441 e. The van der Waals surface area contributed by atoms with Crippen LogP contribution in [-0.2, 0) is 4.74 Å². The number of halogens is 2. The lowest BCUT2D eigenvalue weighted by Crippen LogP contribution is -2.39. The highest BCUT2D eigenvalue weighted by Crippen LogP contribution is 2.40. The summed E-state index contributed by atoms with van der Waals surface area (Å²) in [5, 5.41) is 19.3. The molecule has 8 nitrogen and oxygen atoms in total. The Kier molecular flexibility index (Phi) is 5.57. The van der Waals surface area contributed by atoms with E-state index >= 15 is 0 Å². The number of benzene rings is 1. The molecule has 1 amide bonds. The molecule has 10 heteroatoms. The molecule has 0 bridgehead atoms. The molecule has 170 valence electrons. The normalized spacial score (nSPS) is 22.4. The van der Waals surface area contributed by atoms with Gasteiger partial charge in [-0.05, 0) is 68.0 Å². The van der Waals surface area contributed by atoms with Gasteiger partial charge >= 0.3 is 6.09 Å². The van der Waals surface area contributed by atoms with E-state index in [0.29, 0.717) is 41.9 Å². The number of rotatable bonds is 5. The van der Waals surface area contributed by atoms with Crippen molar-refractivity contribution in [2.75, 3.05) is 23.3 Å². The fourth-order valence-corrected chi connectivity index (χ4v) is 4.44. The molecule has 1 saturated carbocycles. The average molecular weight is 452 g/mol. The molecule has 1 aromatic carbocycles. The van der Waals surface area contributed by atoms with Gasteiger partial charge < -0.3 is 10.1 Å². The fourth-order valence-electron chi connectivity index (χ4n) is 4.44. The summed E-state index contributed by atoms with van der Waals surface area (Å²) >= 11 is 0. The highest BCUT2D eigenvalue weighted by atomic mass is 19.1. The Bertz CT molecular complexity index is 1120. The summed E-state index contributed by atoms with van der Waals surface area (Å²) in [6.07, 6.45) is 4.55. The lowest BCUT2D eigenvalue weighted by atomic mass is 9.78. The number of amides is 1. The smallest absolute Gasteiger partial charge is 0.416 e. The molecule has 1 aliphatic carbocycles. The number of carbonyl (C=O) groups is 1. The Morgan fingerprint density at radius 3 is 2.52 bits per heavy atom. The molecule has 0 radical (unpaired) electrons. The van der Waals surface area contributed by atoms with E-state index in [0.717, 1.165) is 31.7 Å². The molecule has 3 heterocycles. The van der Waals surface area contributed by atoms with Crippen molar-refractivity contribution >= 4 is 17.7 Å². The molecule has 0 atom stereocenters. The zero-order valence-corrected chi connectivity index (χ0v) is 17.7. The Balaban J connectivity index is 1.14. The molecule has 1 spiro atoms. The monoisotopic (exact) mass is 452 g/mol. The van der Waals surface area contributed by atoms with Gasteiger partial charge in [-0.3, -0.25) is 4.90 Å². The van der Waals surface area contributed by atoms with Crippen molar-refractivity contribution in [3.8, 4) is 11.3 Å². The second-order valence-electron chi connectivity index (χ2n) is 8.51. The minimum Gasteiger partial charge on any atom is -0.441 e. The first-order valence-electron chi connectivity index (χ1n) is 10.8. The topological polar surface area (TPSA) is 93.1 Å². The van der Waals surface area contributed by atoms with Crippen LogP contribution in [0, 0.1) is 17.6 Å². The summed E-state index contributed by atoms with van der Waals surface area (Å²) in [5.74, 6) is 0.190. The summed E-state index contributed by atoms with van der Waals surface area (Å²) in [7, 11) is 0. The van der Waals surface area contributed by atoms with E-state index in [4.69, 9.17) is 4.74 Å². The third-order valence-corrected chi connectivity index (χ3v) is 6.22. The number of anilines is 2. The fraction of sp³-hybridized carbons (Fsp3) is 0.348. The van der Waals surface area contributed by atoms with Crippen LogP contribution in [0.3, 0.4) is 0 Å². The third-order valence-electron chi connectivity index (χ3n) is 6.22. The van der Waals surface area contributed by atoms with Crippen molar-refractivity contribution < 1.29 is 18.3 Å². The van der Waals surface area contributed by atoms with Crippen LogP contribution in [0.2, 0.25) is 0 Å². The van der Waals surface area contributed by atoms with Gasteiger partial charge in [0.15, 0.2) is 5.82 Å². The van der Waals surface area contributed by atoms with Gasteiger partial charge in [0.05, 0.1) is 12.2 Å². The van der Waals surface area contributed by atoms with E-state index in [1.807, 2.05) is 0 Å². The number of aromatic nitrogens is 4. The van der Waals surface area contributed by atoms with Gasteiger partial charge in [-0.25, -0.2) is 13.6 Å². The molecular weight excluding hydrogens is 430 g/mol. The predicted molar refractivity (Wildman–Crippen MR) is 116 cm³/mol. The maximum Gasteiger partial charge on any atom is 0.416 e. The van der Waals surface area contributed by atoms with Crippen molar-refractivity contribution in [3.63, 3.8) is 0 Å². The minimum absolute atomic E-state index is 0.339. The highest BCUT2D eigenvalue weighted by molar-refractivity contribution is 5.89. The van der Waals surface area contributed by atoms with Crippen molar-refractivity contribution in [1.29, 1.82) is 0 Å². The molecule has 2 aromatic heterocycles. The molecule has 0 unspecified atom stereocenters. The van der Waals surface area contributed by atoms with Gasteiger partial charge in [0, 0.05) is 24.4 Å². The van der Waals surface area contributed by atoms with Crippen LogP contribution in [-0.4, -0.2) is 45.2 Å². The summed E-state index contributed by atoms with van der Waals surface area (Å²) in [4.78, 5) is 13.9. The molecule has 2 fully saturated rings. The van der Waals surface area contributed by atoms with E-state index in [2.05, 4.69) is 25.7 Å². The van der Waals surface area contributed by atoms with Crippen LogP contribution >= 0.6 is 0 Å². The summed E-state index contributed by atoms with van der Waals surface area (Å²) in [6, 6.07) is 10.2. The SMILES string of the molecule is O=C1O[C@]2(CC[C@H](CNc3ccc(-c4cc(F)cc(F)c4)nn3)CC2)CN1c1cccnn1. The molecule has 2 aliphatic rings. The van der Waals surface area contributed by atoms with E-state index in [1.54, 1.807) is 35.4 Å². The number of hydrogen-bond acceptors (Lipinski definition) is 7. The maximum absolute atomic E-state index is 13.4. The Labute approximate surface area is 189 Å². The second-order valence-corrected chi connectivity index (χ2v) is 8.51. The maximum atomic E-state index is 13.4. The zero-order valence-electron chi connectivity index (χ0n) is 17.7. The molecule has 33 heavy (non-hydrogen) atoms. The van der Waals surface area contributed by atoms with Crippen LogP contribution in [0.4, 0.5) is 25.2 Å². The van der Waals surface area contributed by atoms with Gasteiger partial charge in [0.2, 0.25) is 0 Å². The minimum atomic E-state index is -0.656. The first kappa shape index (κ1) is 21.2. The van der Waals surface area contributed by atoms with Crippen LogP contribution in [0.15, 0.2) is 48.7 Å². The number of nitrogens with one attached hydrogen (secondary N) is 1. The van der Waals surface area contributed by atoms with Crippen molar-refractivity contribution in [1.82, 2.24) is 20.4 Å². The molecule has 5 rings (SSSR count). The van der Waals surface area contributed by atoms with Gasteiger partial charge in [-0.15, -0.1) is 15.3 Å². The van der Waals surface area contributed by atoms with Gasteiger partial charge in [0.1, 0.15) is 23.1 Å². The Morgan fingerprint density at radius 1 is 1.06 bits per heavy atom. The second kappa shape index (κ2) is 8.68. The van der Waals surface area contributed by atoms with Gasteiger partial charge in [0.25, 0.3) is 0 Å². The summed E-state index contributed by atoms with van der Waals surface area (Å²) in [5.41, 5.74) is 0.257. The zero-order chi connectivity index (χ0) is 22.8. The summed E-state index contributed by atoms with van der Waals surface area (Å²) < 4.78 is 32.6. The summed E-state index contributed by atoms with van der Waals surface area (Å²) in [6.45, 7) is 1.19. The predicted octanol–water partition coefficient (Wildman–Crippen LogP) is 4.21. The Hall–Kier alpha value is -3.69.